The number of amides is 2. The predicted molar refractivity (Wildman–Crippen MR) is 331 cm³/mol. The zero-order valence-corrected chi connectivity index (χ0v) is 52.3. The van der Waals surface area contributed by atoms with Gasteiger partial charge in [-0.2, -0.15) is 0 Å². The lowest BCUT2D eigenvalue weighted by molar-refractivity contribution is -0.301. The van der Waals surface area contributed by atoms with Gasteiger partial charge >= 0.3 is 5.97 Å². The Morgan fingerprint density at radius 2 is 1.60 bits per heavy atom. The molecule has 0 spiro atoms. The fourth-order valence-corrected chi connectivity index (χ4v) is 14.2. The molecule has 6 heterocycles. The number of aliphatic hydroxyl groups excluding tert-OH is 3. The minimum atomic E-state index is -2.64. The van der Waals surface area contributed by atoms with E-state index in [2.05, 4.69) is 40.2 Å². The Hall–Kier alpha value is -5.67. The molecule has 14 atom stereocenters. The number of carbonyl (C=O) groups is 5. The number of aromatic amines is 1. The second kappa shape index (κ2) is 29.3. The van der Waals surface area contributed by atoms with E-state index in [9.17, 15) is 44.4 Å². The number of aliphatic hydroxyl groups is 4. The number of hydrogen-bond donors (Lipinski definition) is 5. The maximum atomic E-state index is 14.7. The molecule has 2 aromatic heterocycles. The summed E-state index contributed by atoms with van der Waals surface area (Å²) in [5.41, 5.74) is 7.54. The van der Waals surface area contributed by atoms with Gasteiger partial charge in [0.05, 0.1) is 30.5 Å². The molecule has 1 saturated carbocycles. The standard InChI is InChI=1S/C68H90ClN5O13/c1-40-28-41(2)30-58(78)63-60(85-7)32-43(4)68(83,87-63)64(80)66(81)74-23-9-8-15-54(74)67(82)86-62(42(3)31-46-19-22-55(75)59(33-46)84-6)44(5)56(76)36-57(77)49(29-40)13-11-16-61(79)73-26-24-72(25-27-73)39-45-17-20-47(21-18-45)50-35-52-53(38-71-65(52)70-37-50)48-12-10-14-51(69)34-48/h10,12,14,17-18,20-21,29,31,34-35,37-38,41,43-44,46,49,54-56,58-60,62-63,75-76,78,83H,8-9,11,13,15-16,19,22-28,30,32-33,36,39H2,1-7H3,(H,70,71)/b40-29+,42-31+/t41-,43+,44+,46-,49+,54-,55+,56-,58-,59+,60-,62+,63+,68+/m0/s1. The first-order chi connectivity index (χ1) is 41.6. The Morgan fingerprint density at radius 3 is 2.32 bits per heavy atom. The van der Waals surface area contributed by atoms with Crippen LogP contribution in [0.15, 0.2) is 90.3 Å². The number of nitrogens with one attached hydrogen (secondary N) is 1. The fourth-order valence-electron chi connectivity index (χ4n) is 14.0. The number of piperidine rings is 1. The number of piperazine rings is 1. The lowest BCUT2D eigenvalue weighted by Crippen LogP contribution is -2.64. The number of methoxy groups -OCH3 is 2. The van der Waals surface area contributed by atoms with Crippen molar-refractivity contribution in [1.82, 2.24) is 24.7 Å². The summed E-state index contributed by atoms with van der Waals surface area (Å²) >= 11 is 6.32. The van der Waals surface area contributed by atoms with Crippen molar-refractivity contribution in [3.8, 4) is 22.3 Å². The SMILES string of the molecule is CO[C@H]1C[C@@H](C)[C@@]2(O)O[C@@H]1[C@@H](O)C[C@@H](C)C/C(C)=C/[C@@H](CCCC(=O)N1CCN(Cc3ccc(-c4cnc5[nH]cc(-c6cccc(Cl)c6)c5c4)cc3)CC1)C(=O)C[C@H](O)[C@@H](C)[C@@H](/C(C)=C/[C@@H]1CC[C@@H](O)[C@H](OC)C1)OC(=O)[C@@H]1CCCCN1C(=O)C2=O. The summed E-state index contributed by atoms with van der Waals surface area (Å²) in [6.07, 6.45) is 5.35. The second-order valence-corrected chi connectivity index (χ2v) is 26.1. The average molecular weight is 1220 g/mol. The van der Waals surface area contributed by atoms with Crippen molar-refractivity contribution < 1.29 is 63.3 Å². The molecule has 4 aliphatic heterocycles. The third-order valence-electron chi connectivity index (χ3n) is 19.2. The second-order valence-electron chi connectivity index (χ2n) is 25.6. The van der Waals surface area contributed by atoms with Crippen LogP contribution in [0.5, 0.6) is 0 Å². The van der Waals surface area contributed by atoms with Gasteiger partial charge in [-0.1, -0.05) is 86.5 Å². The van der Waals surface area contributed by atoms with Crippen LogP contribution < -0.4 is 0 Å². The number of H-pyrrole nitrogens is 1. The number of ketones is 2. The molecule has 5 aliphatic rings. The maximum absolute atomic E-state index is 14.7. The molecule has 3 saturated heterocycles. The maximum Gasteiger partial charge on any atom is 0.329 e. The lowest BCUT2D eigenvalue weighted by atomic mass is 9.81. The van der Waals surface area contributed by atoms with E-state index in [1.54, 1.807) is 27.9 Å². The van der Waals surface area contributed by atoms with Crippen LogP contribution in [0.25, 0.3) is 33.3 Å². The highest BCUT2D eigenvalue weighted by Crippen LogP contribution is 2.40. The van der Waals surface area contributed by atoms with Crippen molar-refractivity contribution in [2.45, 2.75) is 179 Å². The Morgan fingerprint density at radius 1 is 0.851 bits per heavy atom. The number of cyclic esters (lactones) is 1. The van der Waals surface area contributed by atoms with Crippen LogP contribution >= 0.6 is 11.6 Å². The zero-order chi connectivity index (χ0) is 62.3. The number of nitrogens with zero attached hydrogens (tertiary/aromatic N) is 4. The molecule has 9 rings (SSSR count). The predicted octanol–water partition coefficient (Wildman–Crippen LogP) is 8.79. The average Bonchev–Trinajstić information content (AvgIpc) is 1.77. The van der Waals surface area contributed by atoms with Gasteiger partial charge in [0.1, 0.15) is 29.7 Å². The van der Waals surface area contributed by atoms with Gasteiger partial charge in [0.2, 0.25) is 11.7 Å². The van der Waals surface area contributed by atoms with Gasteiger partial charge < -0.3 is 54.2 Å². The Balaban J connectivity index is 0.885. The molecule has 2 bridgehead atoms. The number of Topliss-reactive ketones (excluding diaryl/α,β-unsaturated/α-hetero) is 2. The number of esters is 1. The van der Waals surface area contributed by atoms with Gasteiger partial charge in [0.15, 0.2) is 0 Å². The number of halogens is 1. The van der Waals surface area contributed by atoms with E-state index < -0.39 is 90.0 Å². The van der Waals surface area contributed by atoms with E-state index in [-0.39, 0.29) is 62.2 Å². The summed E-state index contributed by atoms with van der Waals surface area (Å²) in [5, 5.41) is 48.4. The Kier molecular flexibility index (Phi) is 22.2. The normalized spacial score (nSPS) is 32.3. The molecule has 2 aromatic carbocycles. The number of rotatable bonds is 12. The number of hydrogen-bond acceptors (Lipinski definition) is 15. The number of benzene rings is 2. The number of allylic oxidation sites excluding steroid dienone is 3. The monoisotopic (exact) mass is 1220 g/mol. The topological polar surface area (TPSA) is 242 Å². The van der Waals surface area contributed by atoms with Crippen LogP contribution in [0.3, 0.4) is 0 Å². The summed E-state index contributed by atoms with van der Waals surface area (Å²) in [7, 11) is 3.01. The van der Waals surface area contributed by atoms with Gasteiger partial charge in [-0.3, -0.25) is 24.1 Å². The van der Waals surface area contributed by atoms with Crippen molar-refractivity contribution in [2.75, 3.05) is 46.9 Å². The third-order valence-corrected chi connectivity index (χ3v) is 19.4. The summed E-state index contributed by atoms with van der Waals surface area (Å²) < 4.78 is 23.9. The molecule has 472 valence electrons. The van der Waals surface area contributed by atoms with Crippen LogP contribution in [0.4, 0.5) is 0 Å². The molecule has 5 N–H and O–H groups in total. The first-order valence-electron chi connectivity index (χ1n) is 31.4. The largest absolute Gasteiger partial charge is 0.456 e. The van der Waals surface area contributed by atoms with E-state index in [1.807, 2.05) is 67.6 Å². The van der Waals surface area contributed by atoms with Crippen molar-refractivity contribution in [3.05, 3.63) is 101 Å². The fraction of sp³-hybridized carbons (Fsp3) is 0.588. The molecule has 2 amide bonds. The number of pyridine rings is 1. The summed E-state index contributed by atoms with van der Waals surface area (Å²) in [6.45, 7) is 12.3. The molecular formula is C68H90ClN5O13. The minimum absolute atomic E-state index is 0.00869. The van der Waals surface area contributed by atoms with E-state index in [1.165, 1.54) is 7.11 Å². The molecule has 19 heteroatoms. The van der Waals surface area contributed by atoms with Gasteiger partial charge in [0.25, 0.3) is 11.7 Å². The van der Waals surface area contributed by atoms with Crippen LogP contribution in [0.1, 0.15) is 124 Å². The highest BCUT2D eigenvalue weighted by molar-refractivity contribution is 6.39. The highest BCUT2D eigenvalue weighted by Gasteiger charge is 2.56. The third kappa shape index (κ3) is 15.7. The molecule has 18 nitrogen and oxygen atoms in total. The zero-order valence-electron chi connectivity index (χ0n) is 51.6. The molecular weight excluding hydrogens is 1130 g/mol. The van der Waals surface area contributed by atoms with E-state index in [4.69, 9.17) is 35.5 Å². The smallest absolute Gasteiger partial charge is 0.329 e. The quantitative estimate of drug-likeness (QED) is 0.0506. The van der Waals surface area contributed by atoms with Gasteiger partial charge in [-0.15, -0.1) is 0 Å². The minimum Gasteiger partial charge on any atom is -0.456 e. The van der Waals surface area contributed by atoms with Crippen LogP contribution in [0, 0.1) is 29.6 Å². The first kappa shape index (κ1) is 65.8. The molecule has 4 fully saturated rings. The molecule has 0 radical (unpaired) electrons. The first-order valence-corrected chi connectivity index (χ1v) is 31.8. The van der Waals surface area contributed by atoms with Crippen LogP contribution in [-0.4, -0.2) is 176 Å². The lowest BCUT2D eigenvalue weighted by Gasteiger charge is -2.46. The summed E-state index contributed by atoms with van der Waals surface area (Å²) in [4.78, 5) is 85.4. The van der Waals surface area contributed by atoms with Crippen molar-refractivity contribution in [1.29, 1.82) is 0 Å². The molecule has 87 heavy (non-hydrogen) atoms. The summed E-state index contributed by atoms with van der Waals surface area (Å²) in [5.74, 6) is -8.75. The van der Waals surface area contributed by atoms with E-state index in [0.29, 0.717) is 88.1 Å². The highest BCUT2D eigenvalue weighted by atomic mass is 35.5. The van der Waals surface area contributed by atoms with Gasteiger partial charge in [0, 0.05) is 118 Å². The molecule has 1 aliphatic carbocycles. The number of aromatic nitrogens is 2. The number of ether oxygens (including phenoxy) is 4. The van der Waals surface area contributed by atoms with Crippen molar-refractivity contribution in [3.63, 3.8) is 0 Å². The number of carbonyl (C=O) groups excluding carboxylic acids is 5. The van der Waals surface area contributed by atoms with Crippen LogP contribution in [-0.2, 0) is 49.5 Å². The van der Waals surface area contributed by atoms with E-state index in [0.717, 1.165) is 55.9 Å². The Bertz CT molecular complexity index is 3120. The van der Waals surface area contributed by atoms with Gasteiger partial charge in [-0.05, 0) is 137 Å². The van der Waals surface area contributed by atoms with Crippen molar-refractivity contribution in [2.24, 2.45) is 29.6 Å². The molecule has 0 unspecified atom stereocenters. The number of fused-ring (bicyclic) bond motifs is 4. The summed E-state index contributed by atoms with van der Waals surface area (Å²) in [6, 6.07) is 17.2. The van der Waals surface area contributed by atoms with Gasteiger partial charge in [-0.25, -0.2) is 9.78 Å². The molecule has 4 aromatic rings. The Labute approximate surface area is 516 Å². The van der Waals surface area contributed by atoms with E-state index >= 15 is 0 Å². The van der Waals surface area contributed by atoms with Crippen LogP contribution in [0.2, 0.25) is 5.02 Å². The van der Waals surface area contributed by atoms with Crippen molar-refractivity contribution >= 4 is 52.0 Å².